The van der Waals surface area contributed by atoms with Gasteiger partial charge in [0.1, 0.15) is 6.61 Å². The Balaban J connectivity index is 1.96. The molecule has 0 radical (unpaired) electrons. The van der Waals surface area contributed by atoms with Crippen LogP contribution in [0.15, 0.2) is 55.1 Å². The van der Waals surface area contributed by atoms with Gasteiger partial charge in [0.25, 0.3) is 0 Å². The minimum atomic E-state index is 0.430. The molecule has 3 N–H and O–H groups in total. The predicted octanol–water partition coefficient (Wildman–Crippen LogP) is 1.99. The minimum absolute atomic E-state index is 0.430. The molecule has 0 heterocycles. The number of hydrazine groups is 1. The number of benzene rings is 2. The van der Waals surface area contributed by atoms with E-state index in [0.717, 1.165) is 11.1 Å². The first-order valence-corrected chi connectivity index (χ1v) is 8.69. The van der Waals surface area contributed by atoms with Gasteiger partial charge in [-0.3, -0.25) is 0 Å². The lowest BCUT2D eigenvalue weighted by atomic mass is 10.2. The van der Waals surface area contributed by atoms with Crippen molar-refractivity contribution in [2.24, 2.45) is 0 Å². The number of hydrogen-bond donors (Lipinski definition) is 3. The average molecular weight is 391 g/mol. The van der Waals surface area contributed by atoms with Crippen LogP contribution < -0.4 is 25.3 Å². The molecule has 0 spiro atoms. The van der Waals surface area contributed by atoms with Crippen LogP contribution >= 0.6 is 23.8 Å². The van der Waals surface area contributed by atoms with Crippen molar-refractivity contribution in [2.75, 3.05) is 13.7 Å². The van der Waals surface area contributed by atoms with E-state index in [4.69, 9.17) is 33.3 Å². The van der Waals surface area contributed by atoms with Crippen LogP contribution in [0, 0.1) is 0 Å². The van der Waals surface area contributed by atoms with Crippen LogP contribution in [0.5, 0.6) is 11.5 Å². The molecule has 0 aliphatic heterocycles. The largest absolute Gasteiger partial charge is 0.493 e. The zero-order valence-corrected chi connectivity index (χ0v) is 16.0. The van der Waals surface area contributed by atoms with Gasteiger partial charge in [0.2, 0.25) is 5.11 Å². The summed E-state index contributed by atoms with van der Waals surface area (Å²) in [4.78, 5) is 0. The van der Waals surface area contributed by atoms with E-state index in [9.17, 15) is 0 Å². The van der Waals surface area contributed by atoms with Crippen LogP contribution in [0.3, 0.4) is 0 Å². The van der Waals surface area contributed by atoms with Crippen LogP contribution in [0.1, 0.15) is 11.1 Å². The standard InChI is InChI=1S/C19H20ClN3O2S/c1-3-10-21-19(26)23-22-12-15-6-9-17(18(11-15)24-2)25-13-14-4-7-16(20)8-5-14/h3-9,11-12H,1,10,13H2,2H3,(H2,21,23,26)/p+1. The van der Waals surface area contributed by atoms with Gasteiger partial charge in [-0.25, -0.2) is 0 Å². The molecule has 0 fully saturated rings. The van der Waals surface area contributed by atoms with Crippen molar-refractivity contribution in [2.45, 2.75) is 6.61 Å². The maximum absolute atomic E-state index is 5.89. The molecule has 5 nitrogen and oxygen atoms in total. The Bertz CT molecular complexity index is 779. The molecule has 0 amide bonds. The van der Waals surface area contributed by atoms with Crippen LogP contribution in [0.4, 0.5) is 0 Å². The van der Waals surface area contributed by atoms with Crippen LogP contribution in [0.25, 0.3) is 0 Å². The summed E-state index contributed by atoms with van der Waals surface area (Å²) in [6, 6.07) is 13.2. The van der Waals surface area contributed by atoms with Gasteiger partial charge >= 0.3 is 0 Å². The number of hydrogen-bond acceptors (Lipinski definition) is 3. The number of rotatable bonds is 8. The summed E-state index contributed by atoms with van der Waals surface area (Å²) >= 11 is 11.0. The summed E-state index contributed by atoms with van der Waals surface area (Å²) in [7, 11) is 1.61. The molecule has 0 saturated carbocycles. The summed E-state index contributed by atoms with van der Waals surface area (Å²) in [5, 5.41) is 7.06. The second-order valence-electron chi connectivity index (χ2n) is 5.24. The molecule has 2 rings (SSSR count). The number of methoxy groups -OCH3 is 1. The maximum Gasteiger partial charge on any atom is 0.224 e. The van der Waals surface area contributed by atoms with Gasteiger partial charge < -0.3 is 14.8 Å². The molecule has 2 aromatic carbocycles. The molecule has 136 valence electrons. The van der Waals surface area contributed by atoms with Crippen molar-refractivity contribution >= 4 is 35.1 Å². The van der Waals surface area contributed by atoms with Crippen LogP contribution in [0.2, 0.25) is 5.02 Å². The van der Waals surface area contributed by atoms with Crippen molar-refractivity contribution in [1.29, 1.82) is 0 Å². The fourth-order valence-corrected chi connectivity index (χ4v) is 2.30. The molecule has 0 saturated heterocycles. The predicted molar refractivity (Wildman–Crippen MR) is 109 cm³/mol. The fraction of sp³-hybridized carbons (Fsp3) is 0.158. The number of nitrogens with one attached hydrogen (secondary N) is 3. The Morgan fingerprint density at radius 1 is 1.23 bits per heavy atom. The first kappa shape index (κ1) is 19.8. The van der Waals surface area contributed by atoms with Crippen molar-refractivity contribution in [3.05, 3.63) is 71.3 Å². The highest BCUT2D eigenvalue weighted by molar-refractivity contribution is 7.80. The molecule has 0 aliphatic rings. The molecule has 0 unspecified atom stereocenters. The average Bonchev–Trinajstić information content (AvgIpc) is 2.66. The topological polar surface area (TPSA) is 56.5 Å². The molecule has 0 aliphatic carbocycles. The molecular formula is C19H21ClN3O2S+. The van der Waals surface area contributed by atoms with Crippen molar-refractivity contribution in [3.8, 4) is 11.5 Å². The second kappa shape index (κ2) is 10.4. The van der Waals surface area contributed by atoms with Gasteiger partial charge in [0.15, 0.2) is 17.7 Å². The third kappa shape index (κ3) is 6.38. The number of hydrazone groups is 1. The SMILES string of the molecule is C=CCNC(=S)N[NH+]=Cc1ccc(OCc2ccc(Cl)cc2)c(OC)c1. The quantitative estimate of drug-likeness (QED) is 0.278. The van der Waals surface area contributed by atoms with Gasteiger partial charge in [0.05, 0.1) is 7.11 Å². The molecule has 0 aromatic heterocycles. The monoisotopic (exact) mass is 390 g/mol. The summed E-state index contributed by atoms with van der Waals surface area (Å²) in [5.74, 6) is 1.30. The van der Waals surface area contributed by atoms with E-state index in [1.165, 1.54) is 0 Å². The third-order valence-electron chi connectivity index (χ3n) is 3.33. The number of thiocarbonyl (C=S) groups is 1. The Kier molecular flexibility index (Phi) is 7.92. The Morgan fingerprint density at radius 3 is 2.69 bits per heavy atom. The van der Waals surface area contributed by atoms with Gasteiger partial charge in [-0.15, -0.1) is 17.1 Å². The summed E-state index contributed by atoms with van der Waals surface area (Å²) in [6.45, 7) is 4.64. The fourth-order valence-electron chi connectivity index (χ4n) is 2.03. The smallest absolute Gasteiger partial charge is 0.224 e. The molecule has 0 bridgehead atoms. The molecule has 26 heavy (non-hydrogen) atoms. The zero-order chi connectivity index (χ0) is 18.8. The van der Waals surface area contributed by atoms with Crippen LogP contribution in [-0.4, -0.2) is 25.0 Å². The van der Waals surface area contributed by atoms with Crippen LogP contribution in [-0.2, 0) is 6.61 Å². The van der Waals surface area contributed by atoms with Crippen molar-refractivity contribution in [1.82, 2.24) is 10.7 Å². The van der Waals surface area contributed by atoms with E-state index >= 15 is 0 Å². The highest BCUT2D eigenvalue weighted by Crippen LogP contribution is 2.28. The van der Waals surface area contributed by atoms with Crippen molar-refractivity contribution < 1.29 is 14.6 Å². The Labute approximate surface area is 163 Å². The molecule has 0 atom stereocenters. The second-order valence-corrected chi connectivity index (χ2v) is 6.08. The lowest BCUT2D eigenvalue weighted by Crippen LogP contribution is -2.82. The third-order valence-corrected chi connectivity index (χ3v) is 3.83. The minimum Gasteiger partial charge on any atom is -0.493 e. The van der Waals surface area contributed by atoms with Gasteiger partial charge in [-0.1, -0.05) is 29.8 Å². The summed E-state index contributed by atoms with van der Waals surface area (Å²) in [6.07, 6.45) is 3.50. The first-order chi connectivity index (χ1) is 12.6. The van der Waals surface area contributed by atoms with E-state index < -0.39 is 0 Å². The van der Waals surface area contributed by atoms with E-state index in [-0.39, 0.29) is 0 Å². The van der Waals surface area contributed by atoms with E-state index in [1.807, 2.05) is 42.5 Å². The van der Waals surface area contributed by atoms with Gasteiger partial charge in [-0.05, 0) is 48.1 Å². The Morgan fingerprint density at radius 2 is 2.00 bits per heavy atom. The molecule has 7 heteroatoms. The molecular weight excluding hydrogens is 370 g/mol. The summed E-state index contributed by atoms with van der Waals surface area (Å²) < 4.78 is 11.2. The number of halogens is 1. The van der Waals surface area contributed by atoms with E-state index in [2.05, 4.69) is 22.4 Å². The zero-order valence-electron chi connectivity index (χ0n) is 14.4. The lowest BCUT2D eigenvalue weighted by molar-refractivity contribution is -0.500. The maximum atomic E-state index is 5.89. The normalized spacial score (nSPS) is 10.4. The summed E-state index contributed by atoms with van der Waals surface area (Å²) in [5.41, 5.74) is 4.78. The van der Waals surface area contributed by atoms with E-state index in [0.29, 0.717) is 34.8 Å². The van der Waals surface area contributed by atoms with Gasteiger partial charge in [-0.2, -0.15) is 0 Å². The molecule has 2 aromatic rings. The van der Waals surface area contributed by atoms with Crippen molar-refractivity contribution in [3.63, 3.8) is 0 Å². The Hall–Kier alpha value is -2.57. The van der Waals surface area contributed by atoms with Gasteiger partial charge in [0, 0.05) is 17.1 Å². The number of ether oxygens (including phenoxy) is 2. The lowest BCUT2D eigenvalue weighted by Gasteiger charge is -2.11. The highest BCUT2D eigenvalue weighted by Gasteiger charge is 2.07. The van der Waals surface area contributed by atoms with E-state index in [1.54, 1.807) is 19.4 Å². The first-order valence-electron chi connectivity index (χ1n) is 7.91. The highest BCUT2D eigenvalue weighted by atomic mass is 35.5.